The minimum Gasteiger partial charge on any atom is -0.504 e. The van der Waals surface area contributed by atoms with Gasteiger partial charge >= 0.3 is 12.0 Å². The Balaban J connectivity index is 2.36. The molecule has 2 rings (SSSR count). The number of hydrogen-bond acceptors (Lipinski definition) is 5. The summed E-state index contributed by atoms with van der Waals surface area (Å²) in [7, 11) is 1.43. The molecular weight excluding hydrogens is 312 g/mol. The molecule has 0 aliphatic carbocycles. The largest absolute Gasteiger partial charge is 0.504 e. The van der Waals surface area contributed by atoms with Gasteiger partial charge in [-0.2, -0.15) is 0 Å². The number of amides is 2. The van der Waals surface area contributed by atoms with Crippen molar-refractivity contribution < 1.29 is 24.2 Å². The zero-order valence-electron chi connectivity index (χ0n) is 14.0. The molecule has 1 aromatic rings. The Bertz CT molecular complexity index is 669. The average molecular weight is 334 g/mol. The van der Waals surface area contributed by atoms with Crippen LogP contribution in [0.25, 0.3) is 0 Å². The lowest BCUT2D eigenvalue weighted by Gasteiger charge is -2.28. The number of unbranched alkanes of at least 4 members (excludes halogenated alkanes) is 1. The van der Waals surface area contributed by atoms with Crippen LogP contribution in [-0.2, 0) is 9.53 Å². The highest BCUT2D eigenvalue weighted by Crippen LogP contribution is 2.33. The highest BCUT2D eigenvalue weighted by atomic mass is 16.5. The lowest BCUT2D eigenvalue weighted by molar-refractivity contribution is -0.139. The van der Waals surface area contributed by atoms with Gasteiger partial charge in [0.15, 0.2) is 11.5 Å². The summed E-state index contributed by atoms with van der Waals surface area (Å²) in [5.41, 5.74) is 1.39. The van der Waals surface area contributed by atoms with E-state index in [-0.39, 0.29) is 11.5 Å². The molecule has 1 aliphatic rings. The van der Waals surface area contributed by atoms with Crippen molar-refractivity contribution in [3.63, 3.8) is 0 Å². The molecule has 0 aromatic heterocycles. The Morgan fingerprint density at radius 1 is 1.38 bits per heavy atom. The van der Waals surface area contributed by atoms with Crippen LogP contribution < -0.4 is 15.4 Å². The third-order valence-corrected chi connectivity index (χ3v) is 3.76. The normalized spacial score (nSPS) is 17.1. The lowest BCUT2D eigenvalue weighted by Crippen LogP contribution is -2.45. The highest BCUT2D eigenvalue weighted by molar-refractivity contribution is 5.95. The second-order valence-corrected chi connectivity index (χ2v) is 5.49. The van der Waals surface area contributed by atoms with Crippen molar-refractivity contribution in [2.24, 2.45) is 0 Å². The maximum absolute atomic E-state index is 12.4. The van der Waals surface area contributed by atoms with E-state index in [4.69, 9.17) is 9.47 Å². The van der Waals surface area contributed by atoms with Gasteiger partial charge in [0.25, 0.3) is 0 Å². The number of phenolic OH excluding ortho intramolecular Hbond substituents is 1. The zero-order valence-corrected chi connectivity index (χ0v) is 14.0. The second-order valence-electron chi connectivity index (χ2n) is 5.49. The number of nitrogens with one attached hydrogen (secondary N) is 2. The lowest BCUT2D eigenvalue weighted by atomic mass is 9.95. The number of benzene rings is 1. The average Bonchev–Trinajstić information content (AvgIpc) is 2.54. The molecule has 0 unspecified atom stereocenters. The molecule has 0 bridgehead atoms. The minimum atomic E-state index is -0.678. The first-order chi connectivity index (χ1) is 11.5. The molecule has 0 radical (unpaired) electrons. The monoisotopic (exact) mass is 334 g/mol. The van der Waals surface area contributed by atoms with Crippen LogP contribution in [0.5, 0.6) is 11.5 Å². The van der Waals surface area contributed by atoms with Gasteiger partial charge in [0, 0.05) is 5.70 Å². The quantitative estimate of drug-likeness (QED) is 0.548. The van der Waals surface area contributed by atoms with E-state index in [9.17, 15) is 14.7 Å². The fraction of sp³-hybridized carbons (Fsp3) is 0.412. The van der Waals surface area contributed by atoms with Crippen molar-refractivity contribution in [1.82, 2.24) is 10.6 Å². The van der Waals surface area contributed by atoms with E-state index in [0.717, 1.165) is 12.8 Å². The van der Waals surface area contributed by atoms with Crippen LogP contribution in [0.2, 0.25) is 0 Å². The van der Waals surface area contributed by atoms with Crippen LogP contribution in [0.3, 0.4) is 0 Å². The van der Waals surface area contributed by atoms with Crippen molar-refractivity contribution in [3.05, 3.63) is 35.0 Å². The van der Waals surface area contributed by atoms with Gasteiger partial charge in [0.05, 0.1) is 25.3 Å². The molecule has 0 spiro atoms. The Morgan fingerprint density at radius 3 is 2.79 bits per heavy atom. The van der Waals surface area contributed by atoms with E-state index >= 15 is 0 Å². The van der Waals surface area contributed by atoms with Crippen molar-refractivity contribution in [3.8, 4) is 11.5 Å². The van der Waals surface area contributed by atoms with Gasteiger partial charge in [-0.25, -0.2) is 9.59 Å². The summed E-state index contributed by atoms with van der Waals surface area (Å²) in [6.07, 6.45) is 1.69. The van der Waals surface area contributed by atoms with E-state index < -0.39 is 18.0 Å². The van der Waals surface area contributed by atoms with Gasteiger partial charge < -0.3 is 25.2 Å². The first-order valence-corrected chi connectivity index (χ1v) is 7.80. The first kappa shape index (κ1) is 17.7. The summed E-state index contributed by atoms with van der Waals surface area (Å²) in [5.74, 6) is -0.239. The molecule has 1 aromatic carbocycles. The second kappa shape index (κ2) is 7.72. The number of aromatic hydroxyl groups is 1. The molecule has 0 fully saturated rings. The molecule has 2 amide bonds. The minimum absolute atomic E-state index is 0.0192. The molecule has 0 saturated heterocycles. The number of esters is 1. The fourth-order valence-corrected chi connectivity index (χ4v) is 2.48. The molecular formula is C17H22N2O5. The van der Waals surface area contributed by atoms with Crippen LogP contribution >= 0.6 is 0 Å². The molecule has 1 atom stereocenters. The van der Waals surface area contributed by atoms with Gasteiger partial charge in [0.2, 0.25) is 0 Å². The molecule has 7 heteroatoms. The van der Waals surface area contributed by atoms with E-state index in [2.05, 4.69) is 10.6 Å². The van der Waals surface area contributed by atoms with Crippen molar-refractivity contribution in [2.75, 3.05) is 13.7 Å². The number of ether oxygens (including phenoxy) is 2. The maximum atomic E-state index is 12.4. The molecule has 24 heavy (non-hydrogen) atoms. The molecule has 1 aliphatic heterocycles. The van der Waals surface area contributed by atoms with Crippen molar-refractivity contribution in [2.45, 2.75) is 32.7 Å². The molecule has 3 N–H and O–H groups in total. The third-order valence-electron chi connectivity index (χ3n) is 3.76. The maximum Gasteiger partial charge on any atom is 0.338 e. The Morgan fingerprint density at radius 2 is 2.12 bits per heavy atom. The fourth-order valence-electron chi connectivity index (χ4n) is 2.48. The summed E-state index contributed by atoms with van der Waals surface area (Å²) < 4.78 is 10.4. The van der Waals surface area contributed by atoms with Gasteiger partial charge in [0.1, 0.15) is 0 Å². The molecule has 0 saturated carbocycles. The summed E-state index contributed by atoms with van der Waals surface area (Å²) in [6.45, 7) is 3.98. The number of phenols is 1. The van der Waals surface area contributed by atoms with Crippen LogP contribution in [0.4, 0.5) is 4.79 Å². The predicted octanol–water partition coefficient (Wildman–Crippen LogP) is 2.37. The van der Waals surface area contributed by atoms with Crippen LogP contribution in [-0.4, -0.2) is 30.8 Å². The number of carbonyl (C=O) groups excluding carboxylic acids is 2. The topological polar surface area (TPSA) is 96.9 Å². The van der Waals surface area contributed by atoms with Gasteiger partial charge in [-0.1, -0.05) is 19.4 Å². The van der Waals surface area contributed by atoms with Gasteiger partial charge in [-0.05, 0) is 31.0 Å². The third kappa shape index (κ3) is 3.79. The smallest absolute Gasteiger partial charge is 0.338 e. The Hall–Kier alpha value is -2.70. The van der Waals surface area contributed by atoms with Crippen LogP contribution in [0.15, 0.2) is 29.5 Å². The summed E-state index contributed by atoms with van der Waals surface area (Å²) >= 11 is 0. The molecule has 1 heterocycles. The summed E-state index contributed by atoms with van der Waals surface area (Å²) in [5, 5.41) is 15.0. The number of hydrogen-bond donors (Lipinski definition) is 3. The van der Waals surface area contributed by atoms with E-state index in [1.54, 1.807) is 19.1 Å². The standard InChI is InChI=1S/C17H22N2O5/c1-4-5-8-24-16(21)14-10(2)18-17(22)19-15(14)11-6-7-12(20)13(9-11)23-3/h6-7,9,15,20H,4-5,8H2,1-3H3,(H2,18,19,22)/t15-/m1/s1. The first-order valence-electron chi connectivity index (χ1n) is 7.80. The van der Waals surface area contributed by atoms with Gasteiger partial charge in [-0.3, -0.25) is 0 Å². The highest BCUT2D eigenvalue weighted by Gasteiger charge is 2.32. The summed E-state index contributed by atoms with van der Waals surface area (Å²) in [4.78, 5) is 24.3. The predicted molar refractivity (Wildman–Crippen MR) is 87.6 cm³/mol. The number of urea groups is 1. The number of allylic oxidation sites excluding steroid dienone is 1. The Labute approximate surface area is 140 Å². The van der Waals surface area contributed by atoms with E-state index in [1.807, 2.05) is 6.92 Å². The molecule has 7 nitrogen and oxygen atoms in total. The van der Waals surface area contributed by atoms with Crippen molar-refractivity contribution >= 4 is 12.0 Å². The van der Waals surface area contributed by atoms with Crippen LogP contribution in [0.1, 0.15) is 38.3 Å². The number of methoxy groups -OCH3 is 1. The van der Waals surface area contributed by atoms with E-state index in [1.165, 1.54) is 13.2 Å². The molecule has 130 valence electrons. The summed E-state index contributed by atoms with van der Waals surface area (Å²) in [6, 6.07) is 3.58. The van der Waals surface area contributed by atoms with Crippen LogP contribution in [0, 0.1) is 0 Å². The van der Waals surface area contributed by atoms with E-state index in [0.29, 0.717) is 23.4 Å². The zero-order chi connectivity index (χ0) is 17.7. The van der Waals surface area contributed by atoms with Gasteiger partial charge in [-0.15, -0.1) is 0 Å². The Kier molecular flexibility index (Phi) is 5.68. The number of carbonyl (C=O) groups is 2. The SMILES string of the molecule is CCCCOC(=O)C1=C(C)NC(=O)N[C@@H]1c1ccc(O)c(OC)c1. The number of rotatable bonds is 6. The van der Waals surface area contributed by atoms with Crippen molar-refractivity contribution in [1.29, 1.82) is 0 Å².